The Bertz CT molecular complexity index is 649. The van der Waals surface area contributed by atoms with Crippen molar-refractivity contribution in [1.82, 2.24) is 15.1 Å². The third-order valence-corrected chi connectivity index (χ3v) is 3.54. The van der Waals surface area contributed by atoms with E-state index in [4.69, 9.17) is 5.11 Å². The molecule has 0 aliphatic carbocycles. The van der Waals surface area contributed by atoms with Gasteiger partial charge < -0.3 is 10.4 Å². The van der Waals surface area contributed by atoms with Gasteiger partial charge in [0, 0.05) is 25.4 Å². The molecule has 0 bridgehead atoms. The van der Waals surface area contributed by atoms with Gasteiger partial charge in [0.2, 0.25) is 0 Å². The fourth-order valence-electron chi connectivity index (χ4n) is 1.72. The van der Waals surface area contributed by atoms with Crippen molar-refractivity contribution in [2.45, 2.75) is 6.42 Å². The topological polar surface area (TPSA) is 67.2 Å². The second kappa shape index (κ2) is 6.89. The first-order chi connectivity index (χ1) is 9.70. The number of carbonyl (C=O) groups excluding carboxylic acids is 1. The average molecular weight is 289 g/mol. The third kappa shape index (κ3) is 3.70. The van der Waals surface area contributed by atoms with Crippen molar-refractivity contribution >= 4 is 17.2 Å². The highest BCUT2D eigenvalue weighted by atomic mass is 32.1. The minimum Gasteiger partial charge on any atom is -0.384 e. The number of aliphatic hydroxyl groups excluding tert-OH is 1. The van der Waals surface area contributed by atoms with Gasteiger partial charge >= 0.3 is 0 Å². The smallest absolute Gasteiger partial charge is 0.262 e. The van der Waals surface area contributed by atoms with Crippen LogP contribution < -0.4 is 5.32 Å². The molecular formula is C14H15N3O2S. The van der Waals surface area contributed by atoms with E-state index in [0.717, 1.165) is 12.0 Å². The summed E-state index contributed by atoms with van der Waals surface area (Å²) < 4.78 is 1.74. The number of hydrogen-bond donors (Lipinski definition) is 2. The summed E-state index contributed by atoms with van der Waals surface area (Å²) in [5, 5.41) is 17.4. The Morgan fingerprint density at radius 2 is 2.45 bits per heavy atom. The van der Waals surface area contributed by atoms with Gasteiger partial charge in [0.05, 0.1) is 6.20 Å². The summed E-state index contributed by atoms with van der Waals surface area (Å²) in [4.78, 5) is 12.6. The lowest BCUT2D eigenvalue weighted by molar-refractivity contribution is 0.0958. The average Bonchev–Trinajstić information content (AvgIpc) is 3.05. The summed E-state index contributed by atoms with van der Waals surface area (Å²) in [6.07, 6.45) is 4.45. The zero-order valence-corrected chi connectivity index (χ0v) is 11.9. The molecule has 2 rings (SSSR count). The van der Waals surface area contributed by atoms with E-state index in [1.165, 1.54) is 11.3 Å². The maximum atomic E-state index is 12.0. The molecule has 0 atom stereocenters. The fraction of sp³-hybridized carbons (Fsp3) is 0.286. The van der Waals surface area contributed by atoms with Crippen LogP contribution in [0.3, 0.4) is 0 Å². The Kier molecular flexibility index (Phi) is 4.93. The van der Waals surface area contributed by atoms with E-state index in [9.17, 15) is 4.79 Å². The lowest BCUT2D eigenvalue weighted by Crippen LogP contribution is -2.25. The minimum atomic E-state index is -0.210. The Hall–Kier alpha value is -2.10. The first-order valence-corrected chi connectivity index (χ1v) is 7.01. The highest BCUT2D eigenvalue weighted by Gasteiger charge is 2.11. The first kappa shape index (κ1) is 14.3. The minimum absolute atomic E-state index is 0.133. The van der Waals surface area contributed by atoms with Crippen LogP contribution in [-0.2, 0) is 13.5 Å². The molecule has 2 aromatic heterocycles. The molecule has 5 nitrogen and oxygen atoms in total. The van der Waals surface area contributed by atoms with Gasteiger partial charge in [-0.25, -0.2) is 0 Å². The van der Waals surface area contributed by atoms with Gasteiger partial charge in [0.1, 0.15) is 11.5 Å². The van der Waals surface area contributed by atoms with Crippen LogP contribution in [0.15, 0.2) is 23.8 Å². The maximum absolute atomic E-state index is 12.0. The number of aliphatic hydroxyl groups is 1. The van der Waals surface area contributed by atoms with Crippen LogP contribution in [0.4, 0.5) is 0 Å². The number of nitrogens with zero attached hydrogens (tertiary/aromatic N) is 2. The molecule has 0 saturated carbocycles. The quantitative estimate of drug-likeness (QED) is 0.818. The summed E-state index contributed by atoms with van der Waals surface area (Å²) in [5.41, 5.74) is 1.74. The van der Waals surface area contributed by atoms with E-state index in [0.29, 0.717) is 17.0 Å². The van der Waals surface area contributed by atoms with Crippen molar-refractivity contribution in [1.29, 1.82) is 0 Å². The SMILES string of the molecule is Cn1cc(CCNC(=O)c2sccc2C#CCO)cn1. The van der Waals surface area contributed by atoms with Gasteiger partial charge in [0.15, 0.2) is 0 Å². The van der Waals surface area contributed by atoms with E-state index in [2.05, 4.69) is 22.3 Å². The summed E-state index contributed by atoms with van der Waals surface area (Å²) in [5.74, 6) is 5.19. The van der Waals surface area contributed by atoms with Gasteiger partial charge in [-0.05, 0) is 23.4 Å². The molecule has 1 amide bonds. The molecule has 0 aliphatic rings. The maximum Gasteiger partial charge on any atom is 0.262 e. The highest BCUT2D eigenvalue weighted by molar-refractivity contribution is 7.12. The van der Waals surface area contributed by atoms with Crippen LogP contribution >= 0.6 is 11.3 Å². The number of hydrogen-bond acceptors (Lipinski definition) is 4. The van der Waals surface area contributed by atoms with Gasteiger partial charge in [-0.15, -0.1) is 11.3 Å². The zero-order valence-electron chi connectivity index (χ0n) is 11.1. The molecule has 0 aliphatic heterocycles. The molecule has 0 unspecified atom stereocenters. The molecule has 2 aromatic rings. The van der Waals surface area contributed by atoms with Crippen LogP contribution in [0, 0.1) is 11.8 Å². The van der Waals surface area contributed by atoms with E-state index in [1.54, 1.807) is 16.9 Å². The van der Waals surface area contributed by atoms with Crippen LogP contribution in [0.25, 0.3) is 0 Å². The van der Waals surface area contributed by atoms with Crippen molar-refractivity contribution in [3.8, 4) is 11.8 Å². The lowest BCUT2D eigenvalue weighted by Gasteiger charge is -2.02. The number of carbonyl (C=O) groups is 1. The largest absolute Gasteiger partial charge is 0.384 e. The number of aromatic nitrogens is 2. The van der Waals surface area contributed by atoms with Gasteiger partial charge in [0.25, 0.3) is 5.91 Å². The molecule has 20 heavy (non-hydrogen) atoms. The van der Waals surface area contributed by atoms with Crippen LogP contribution in [0.1, 0.15) is 20.8 Å². The molecule has 2 N–H and O–H groups in total. The number of thiophene rings is 1. The van der Waals surface area contributed by atoms with Crippen LogP contribution in [0.5, 0.6) is 0 Å². The van der Waals surface area contributed by atoms with Crippen molar-refractivity contribution in [2.24, 2.45) is 7.05 Å². The second-order valence-electron chi connectivity index (χ2n) is 4.15. The molecular weight excluding hydrogens is 274 g/mol. The number of nitrogens with one attached hydrogen (secondary N) is 1. The molecule has 104 valence electrons. The first-order valence-electron chi connectivity index (χ1n) is 6.13. The number of amides is 1. The molecule has 6 heteroatoms. The lowest BCUT2D eigenvalue weighted by atomic mass is 10.2. The summed E-state index contributed by atoms with van der Waals surface area (Å²) in [7, 11) is 1.86. The summed E-state index contributed by atoms with van der Waals surface area (Å²) in [6, 6.07) is 1.78. The van der Waals surface area contributed by atoms with Crippen molar-refractivity contribution in [3.05, 3.63) is 39.8 Å². The zero-order chi connectivity index (χ0) is 14.4. The Morgan fingerprint density at radius 3 is 3.15 bits per heavy atom. The predicted octanol–water partition coefficient (Wildman–Crippen LogP) is 0.798. The summed E-state index contributed by atoms with van der Waals surface area (Å²) in [6.45, 7) is 0.340. The molecule has 0 spiro atoms. The van der Waals surface area contributed by atoms with Gasteiger partial charge in [-0.3, -0.25) is 9.48 Å². The van der Waals surface area contributed by atoms with Crippen molar-refractivity contribution in [2.75, 3.05) is 13.2 Å². The Morgan fingerprint density at radius 1 is 1.60 bits per heavy atom. The predicted molar refractivity (Wildman–Crippen MR) is 77.5 cm³/mol. The van der Waals surface area contributed by atoms with Gasteiger partial charge in [-0.1, -0.05) is 11.8 Å². The van der Waals surface area contributed by atoms with Crippen molar-refractivity contribution in [3.63, 3.8) is 0 Å². The number of aryl methyl sites for hydroxylation is 1. The molecule has 0 saturated heterocycles. The van der Waals surface area contributed by atoms with Gasteiger partial charge in [-0.2, -0.15) is 5.10 Å². The number of rotatable bonds is 4. The molecule has 0 aromatic carbocycles. The summed E-state index contributed by atoms with van der Waals surface area (Å²) >= 11 is 1.35. The molecule has 0 radical (unpaired) electrons. The fourth-order valence-corrected chi connectivity index (χ4v) is 2.49. The van der Waals surface area contributed by atoms with Crippen molar-refractivity contribution < 1.29 is 9.90 Å². The Labute approximate surface area is 121 Å². The highest BCUT2D eigenvalue weighted by Crippen LogP contribution is 2.15. The molecule has 0 fully saturated rings. The van der Waals surface area contributed by atoms with E-state index < -0.39 is 0 Å². The van der Waals surface area contributed by atoms with Crippen LogP contribution in [0.2, 0.25) is 0 Å². The monoisotopic (exact) mass is 289 g/mol. The molecule has 2 heterocycles. The van der Waals surface area contributed by atoms with E-state index in [-0.39, 0.29) is 12.5 Å². The normalized spacial score (nSPS) is 9.90. The Balaban J connectivity index is 1.90. The van der Waals surface area contributed by atoms with E-state index >= 15 is 0 Å². The van der Waals surface area contributed by atoms with Crippen LogP contribution in [-0.4, -0.2) is 33.9 Å². The second-order valence-corrected chi connectivity index (χ2v) is 5.07. The third-order valence-electron chi connectivity index (χ3n) is 2.63. The van der Waals surface area contributed by atoms with E-state index in [1.807, 2.05) is 18.6 Å². The standard InChI is InChI=1S/C14H15N3O2S/c1-17-10-11(9-16-17)4-6-15-14(19)13-12(3-2-7-18)5-8-20-13/h5,8-10,18H,4,6-7H2,1H3,(H,15,19).